The number of thiophene rings is 1. The van der Waals surface area contributed by atoms with Crippen LogP contribution < -0.4 is 5.73 Å². The third kappa shape index (κ3) is 2.95. The van der Waals surface area contributed by atoms with Crippen LogP contribution in [0.25, 0.3) is 0 Å². The second-order valence-electron chi connectivity index (χ2n) is 4.45. The molecule has 2 heterocycles. The Morgan fingerprint density at radius 3 is 2.67 bits per heavy atom. The molecule has 1 unspecified atom stereocenters. The van der Waals surface area contributed by atoms with Gasteiger partial charge in [0.15, 0.2) is 0 Å². The number of rotatable bonds is 3. The molecule has 0 bridgehead atoms. The van der Waals surface area contributed by atoms with Gasteiger partial charge in [-0.25, -0.2) is 0 Å². The molecule has 2 rings (SSSR count). The molecule has 1 aliphatic heterocycles. The predicted molar refractivity (Wildman–Crippen MR) is 67.3 cm³/mol. The molecule has 1 aromatic rings. The van der Waals surface area contributed by atoms with E-state index >= 15 is 0 Å². The van der Waals surface area contributed by atoms with Gasteiger partial charge in [0.2, 0.25) is 0 Å². The van der Waals surface area contributed by atoms with Crippen LogP contribution in [0.3, 0.4) is 0 Å². The van der Waals surface area contributed by atoms with Crippen LogP contribution in [0.15, 0.2) is 12.1 Å². The fraction of sp³-hybridized carbons (Fsp3) is 0.667. The smallest absolute Gasteiger partial charge is 0.0859 e. The van der Waals surface area contributed by atoms with Crippen LogP contribution in [0.4, 0.5) is 5.00 Å². The van der Waals surface area contributed by atoms with Crippen molar-refractivity contribution in [3.63, 3.8) is 0 Å². The zero-order valence-electron chi connectivity index (χ0n) is 9.41. The van der Waals surface area contributed by atoms with E-state index in [2.05, 4.69) is 17.9 Å². The molecule has 0 radical (unpaired) electrons. The predicted octanol–water partition coefficient (Wildman–Crippen LogP) is 2.75. The summed E-state index contributed by atoms with van der Waals surface area (Å²) in [7, 11) is 0. The Balaban J connectivity index is 1.88. The number of hydrogen-bond donors (Lipinski definition) is 1. The van der Waals surface area contributed by atoms with Crippen molar-refractivity contribution in [1.29, 1.82) is 0 Å². The highest BCUT2D eigenvalue weighted by atomic mass is 32.1. The molecule has 0 aliphatic carbocycles. The number of piperidine rings is 1. The first-order chi connectivity index (χ1) is 7.25. The van der Waals surface area contributed by atoms with E-state index in [0.717, 1.165) is 11.4 Å². The van der Waals surface area contributed by atoms with Gasteiger partial charge < -0.3 is 10.6 Å². The van der Waals surface area contributed by atoms with Crippen LogP contribution in [-0.4, -0.2) is 24.0 Å². The van der Waals surface area contributed by atoms with Crippen molar-refractivity contribution < 1.29 is 0 Å². The van der Waals surface area contributed by atoms with Gasteiger partial charge in [0.05, 0.1) is 5.00 Å². The molecule has 0 aromatic carbocycles. The molecule has 1 aromatic heterocycles. The van der Waals surface area contributed by atoms with Gasteiger partial charge in [-0.2, -0.15) is 0 Å². The van der Waals surface area contributed by atoms with Crippen LogP contribution >= 0.6 is 11.3 Å². The van der Waals surface area contributed by atoms with Gasteiger partial charge >= 0.3 is 0 Å². The van der Waals surface area contributed by atoms with E-state index in [1.807, 2.05) is 6.07 Å². The molecule has 2 nitrogen and oxygen atoms in total. The van der Waals surface area contributed by atoms with Gasteiger partial charge in [0, 0.05) is 10.9 Å². The number of nitrogens with two attached hydrogens (primary N) is 1. The SMILES string of the molecule is CC(Cc1ccc(N)s1)N1CCCCC1. The number of anilines is 1. The molecule has 0 amide bonds. The Kier molecular flexibility index (Phi) is 3.65. The van der Waals surface area contributed by atoms with Gasteiger partial charge in [0.25, 0.3) is 0 Å². The first-order valence-corrected chi connectivity index (χ1v) is 6.65. The number of hydrogen-bond acceptors (Lipinski definition) is 3. The fourth-order valence-electron chi connectivity index (χ4n) is 2.28. The average Bonchev–Trinajstić information content (AvgIpc) is 2.65. The molecular weight excluding hydrogens is 204 g/mol. The summed E-state index contributed by atoms with van der Waals surface area (Å²) in [5.74, 6) is 0. The van der Waals surface area contributed by atoms with E-state index in [1.54, 1.807) is 11.3 Å². The van der Waals surface area contributed by atoms with Crippen molar-refractivity contribution in [3.05, 3.63) is 17.0 Å². The summed E-state index contributed by atoms with van der Waals surface area (Å²) in [6.07, 6.45) is 5.31. The third-order valence-corrected chi connectivity index (χ3v) is 4.13. The van der Waals surface area contributed by atoms with Crippen molar-refractivity contribution in [2.75, 3.05) is 18.8 Å². The van der Waals surface area contributed by atoms with Crippen LogP contribution in [0, 0.1) is 0 Å². The summed E-state index contributed by atoms with van der Waals surface area (Å²) < 4.78 is 0. The summed E-state index contributed by atoms with van der Waals surface area (Å²) in [4.78, 5) is 4.03. The minimum Gasteiger partial charge on any atom is -0.391 e. The molecule has 0 saturated carbocycles. The van der Waals surface area contributed by atoms with Gasteiger partial charge in [-0.05, 0) is 51.4 Å². The lowest BCUT2D eigenvalue weighted by Crippen LogP contribution is -2.38. The quantitative estimate of drug-likeness (QED) is 0.855. The second kappa shape index (κ2) is 4.99. The summed E-state index contributed by atoms with van der Waals surface area (Å²) in [6, 6.07) is 4.85. The maximum absolute atomic E-state index is 5.74. The largest absolute Gasteiger partial charge is 0.391 e. The third-order valence-electron chi connectivity index (χ3n) is 3.19. The fourth-order valence-corrected chi connectivity index (χ4v) is 3.18. The summed E-state index contributed by atoms with van der Waals surface area (Å²) >= 11 is 1.73. The minimum absolute atomic E-state index is 0.670. The summed E-state index contributed by atoms with van der Waals surface area (Å²) in [6.45, 7) is 4.89. The lowest BCUT2D eigenvalue weighted by molar-refractivity contribution is 0.173. The van der Waals surface area contributed by atoms with Gasteiger partial charge in [-0.3, -0.25) is 0 Å². The molecule has 3 heteroatoms. The molecule has 84 valence electrons. The highest BCUT2D eigenvalue weighted by Crippen LogP contribution is 2.22. The summed E-state index contributed by atoms with van der Waals surface area (Å²) in [5.41, 5.74) is 5.74. The average molecular weight is 224 g/mol. The minimum atomic E-state index is 0.670. The molecule has 1 atom stereocenters. The zero-order chi connectivity index (χ0) is 10.7. The topological polar surface area (TPSA) is 29.3 Å². The standard InChI is InChI=1S/C12H20N2S/c1-10(14-7-3-2-4-8-14)9-11-5-6-12(13)15-11/h5-6,10H,2-4,7-9,13H2,1H3. The van der Waals surface area contributed by atoms with Crippen molar-refractivity contribution in [1.82, 2.24) is 4.90 Å². The van der Waals surface area contributed by atoms with Crippen LogP contribution in [0.1, 0.15) is 31.1 Å². The van der Waals surface area contributed by atoms with Crippen LogP contribution in [-0.2, 0) is 6.42 Å². The van der Waals surface area contributed by atoms with Gasteiger partial charge in [0.1, 0.15) is 0 Å². The van der Waals surface area contributed by atoms with Crippen LogP contribution in [0.2, 0.25) is 0 Å². The van der Waals surface area contributed by atoms with E-state index in [0.29, 0.717) is 6.04 Å². The molecular formula is C12H20N2S. The monoisotopic (exact) mass is 224 g/mol. The number of likely N-dealkylation sites (tertiary alicyclic amines) is 1. The highest BCUT2D eigenvalue weighted by Gasteiger charge is 2.17. The zero-order valence-corrected chi connectivity index (χ0v) is 10.2. The molecule has 2 N–H and O–H groups in total. The van der Waals surface area contributed by atoms with Crippen LogP contribution in [0.5, 0.6) is 0 Å². The lowest BCUT2D eigenvalue weighted by atomic mass is 10.1. The van der Waals surface area contributed by atoms with Gasteiger partial charge in [-0.15, -0.1) is 11.3 Å². The first kappa shape index (κ1) is 11.0. The van der Waals surface area contributed by atoms with Crippen molar-refractivity contribution >= 4 is 16.3 Å². The lowest BCUT2D eigenvalue weighted by Gasteiger charge is -2.32. The normalized spacial score (nSPS) is 20.3. The Bertz CT molecular complexity index is 302. The van der Waals surface area contributed by atoms with Crippen molar-refractivity contribution in [2.24, 2.45) is 0 Å². The molecule has 1 saturated heterocycles. The van der Waals surface area contributed by atoms with Crippen molar-refractivity contribution in [3.8, 4) is 0 Å². The Morgan fingerprint density at radius 1 is 1.33 bits per heavy atom. The molecule has 1 aliphatic rings. The Labute approximate surface area is 96.1 Å². The maximum Gasteiger partial charge on any atom is 0.0859 e. The van der Waals surface area contributed by atoms with E-state index in [1.165, 1.54) is 37.2 Å². The van der Waals surface area contributed by atoms with E-state index in [9.17, 15) is 0 Å². The molecule has 15 heavy (non-hydrogen) atoms. The van der Waals surface area contributed by atoms with E-state index in [-0.39, 0.29) is 0 Å². The van der Waals surface area contributed by atoms with E-state index in [4.69, 9.17) is 5.73 Å². The summed E-state index contributed by atoms with van der Waals surface area (Å²) in [5, 5.41) is 0.941. The Hall–Kier alpha value is -0.540. The second-order valence-corrected chi connectivity index (χ2v) is 5.65. The Morgan fingerprint density at radius 2 is 2.07 bits per heavy atom. The maximum atomic E-state index is 5.74. The molecule has 0 spiro atoms. The highest BCUT2D eigenvalue weighted by molar-refractivity contribution is 7.15. The van der Waals surface area contributed by atoms with Crippen molar-refractivity contribution in [2.45, 2.75) is 38.6 Å². The first-order valence-electron chi connectivity index (χ1n) is 5.84. The number of nitrogens with zero attached hydrogens (tertiary/aromatic N) is 1. The number of nitrogen functional groups attached to an aromatic ring is 1. The van der Waals surface area contributed by atoms with Gasteiger partial charge in [-0.1, -0.05) is 6.42 Å². The van der Waals surface area contributed by atoms with E-state index < -0.39 is 0 Å². The molecule has 1 fully saturated rings.